The zero-order chi connectivity index (χ0) is 9.97. The van der Waals surface area contributed by atoms with Crippen molar-refractivity contribution in [2.24, 2.45) is 11.7 Å². The first-order valence-electron chi connectivity index (χ1n) is 5.50. The first-order valence-corrected chi connectivity index (χ1v) is 5.50. The fourth-order valence-corrected chi connectivity index (χ4v) is 2.29. The summed E-state index contributed by atoms with van der Waals surface area (Å²) in [5.74, 6) is 0.584. The van der Waals surface area contributed by atoms with Gasteiger partial charge in [0.1, 0.15) is 0 Å². The molecule has 4 heteroatoms. The lowest BCUT2D eigenvalue weighted by Crippen LogP contribution is -2.50. The zero-order valence-corrected chi connectivity index (χ0v) is 8.54. The Morgan fingerprint density at radius 2 is 2.07 bits per heavy atom. The molecule has 1 aliphatic carbocycles. The van der Waals surface area contributed by atoms with Crippen molar-refractivity contribution in [2.75, 3.05) is 26.2 Å². The molecule has 2 rings (SSSR count). The number of hydrogen-bond donors (Lipinski definition) is 2. The monoisotopic (exact) mass is 197 g/mol. The molecule has 1 atom stereocenters. The van der Waals surface area contributed by atoms with Crippen molar-refractivity contribution in [3.63, 3.8) is 0 Å². The molecule has 14 heavy (non-hydrogen) atoms. The number of nitrogens with two attached hydrogens (primary N) is 1. The number of rotatable bonds is 4. The SMILES string of the molecule is NC(=O)CC(C1CC1)N1CCNCC1. The van der Waals surface area contributed by atoms with Gasteiger partial charge in [0.05, 0.1) is 0 Å². The number of nitrogens with one attached hydrogen (secondary N) is 1. The van der Waals surface area contributed by atoms with E-state index in [1.165, 1.54) is 12.8 Å². The summed E-state index contributed by atoms with van der Waals surface area (Å²) in [7, 11) is 0. The van der Waals surface area contributed by atoms with Crippen LogP contribution in [-0.4, -0.2) is 43.0 Å². The summed E-state index contributed by atoms with van der Waals surface area (Å²) in [5.41, 5.74) is 5.28. The largest absolute Gasteiger partial charge is 0.370 e. The normalized spacial score (nSPS) is 26.0. The van der Waals surface area contributed by atoms with E-state index in [4.69, 9.17) is 5.73 Å². The standard InChI is InChI=1S/C10H19N3O/c11-10(14)7-9(8-1-2-8)13-5-3-12-4-6-13/h8-9,12H,1-7H2,(H2,11,14). The number of amides is 1. The van der Waals surface area contributed by atoms with Crippen LogP contribution in [0.25, 0.3) is 0 Å². The van der Waals surface area contributed by atoms with Gasteiger partial charge < -0.3 is 11.1 Å². The summed E-state index contributed by atoms with van der Waals surface area (Å²) in [6, 6.07) is 0.426. The molecule has 0 radical (unpaired) electrons. The van der Waals surface area contributed by atoms with Gasteiger partial charge >= 0.3 is 0 Å². The summed E-state index contributed by atoms with van der Waals surface area (Å²) < 4.78 is 0. The maximum absolute atomic E-state index is 11.0. The molecule has 1 unspecified atom stereocenters. The third-order valence-electron chi connectivity index (χ3n) is 3.20. The van der Waals surface area contributed by atoms with Crippen LogP contribution < -0.4 is 11.1 Å². The second kappa shape index (κ2) is 4.28. The van der Waals surface area contributed by atoms with Crippen molar-refractivity contribution in [1.82, 2.24) is 10.2 Å². The molecule has 1 aliphatic heterocycles. The van der Waals surface area contributed by atoms with E-state index in [-0.39, 0.29) is 5.91 Å². The summed E-state index contributed by atoms with van der Waals surface area (Å²) in [5, 5.41) is 3.32. The first-order chi connectivity index (χ1) is 6.77. The Morgan fingerprint density at radius 1 is 1.43 bits per heavy atom. The predicted octanol–water partition coefficient (Wildman–Crippen LogP) is -0.454. The van der Waals surface area contributed by atoms with E-state index in [0.717, 1.165) is 32.1 Å². The quantitative estimate of drug-likeness (QED) is 0.641. The minimum atomic E-state index is -0.152. The highest BCUT2D eigenvalue weighted by Gasteiger charge is 2.36. The van der Waals surface area contributed by atoms with Crippen LogP contribution in [-0.2, 0) is 4.79 Å². The Hall–Kier alpha value is -0.610. The zero-order valence-electron chi connectivity index (χ0n) is 8.54. The van der Waals surface area contributed by atoms with E-state index in [1.807, 2.05) is 0 Å². The molecule has 0 aromatic rings. The van der Waals surface area contributed by atoms with Crippen molar-refractivity contribution in [3.8, 4) is 0 Å². The van der Waals surface area contributed by atoms with Gasteiger partial charge in [-0.3, -0.25) is 9.69 Å². The number of piperazine rings is 1. The third-order valence-corrected chi connectivity index (χ3v) is 3.20. The Bertz CT molecular complexity index is 209. The van der Waals surface area contributed by atoms with Crippen LogP contribution >= 0.6 is 0 Å². The molecule has 2 aliphatic rings. The summed E-state index contributed by atoms with van der Waals surface area (Å²) in [6.07, 6.45) is 3.11. The molecular formula is C10H19N3O. The van der Waals surface area contributed by atoms with Crippen LogP contribution in [0.5, 0.6) is 0 Å². The van der Waals surface area contributed by atoms with E-state index in [0.29, 0.717) is 12.5 Å². The molecule has 1 amide bonds. The lowest BCUT2D eigenvalue weighted by Gasteiger charge is -2.34. The van der Waals surface area contributed by atoms with Gasteiger partial charge in [-0.05, 0) is 18.8 Å². The summed E-state index contributed by atoms with van der Waals surface area (Å²) in [4.78, 5) is 13.4. The highest BCUT2D eigenvalue weighted by atomic mass is 16.1. The van der Waals surface area contributed by atoms with E-state index in [1.54, 1.807) is 0 Å². The van der Waals surface area contributed by atoms with Crippen LogP contribution in [0.3, 0.4) is 0 Å². The van der Waals surface area contributed by atoms with Crippen LogP contribution in [0.2, 0.25) is 0 Å². The second-order valence-corrected chi connectivity index (χ2v) is 4.36. The lowest BCUT2D eigenvalue weighted by molar-refractivity contribution is -0.119. The number of carbonyl (C=O) groups excluding carboxylic acids is 1. The summed E-state index contributed by atoms with van der Waals surface area (Å²) >= 11 is 0. The van der Waals surface area contributed by atoms with Crippen LogP contribution in [0.4, 0.5) is 0 Å². The third kappa shape index (κ3) is 2.45. The van der Waals surface area contributed by atoms with Gasteiger partial charge in [-0.1, -0.05) is 0 Å². The van der Waals surface area contributed by atoms with Gasteiger partial charge in [-0.2, -0.15) is 0 Å². The maximum atomic E-state index is 11.0. The fourth-order valence-electron chi connectivity index (χ4n) is 2.29. The van der Waals surface area contributed by atoms with Crippen molar-refractivity contribution >= 4 is 5.91 Å². The number of carbonyl (C=O) groups is 1. The smallest absolute Gasteiger partial charge is 0.219 e. The Morgan fingerprint density at radius 3 is 2.57 bits per heavy atom. The molecule has 0 bridgehead atoms. The molecule has 4 nitrogen and oxygen atoms in total. The summed E-state index contributed by atoms with van der Waals surface area (Å²) in [6.45, 7) is 4.22. The van der Waals surface area contributed by atoms with Gasteiger partial charge in [-0.15, -0.1) is 0 Å². The van der Waals surface area contributed by atoms with E-state index in [2.05, 4.69) is 10.2 Å². The topological polar surface area (TPSA) is 58.4 Å². The highest BCUT2D eigenvalue weighted by molar-refractivity contribution is 5.74. The average Bonchev–Trinajstić information content (AvgIpc) is 2.99. The Balaban J connectivity index is 1.90. The highest BCUT2D eigenvalue weighted by Crippen LogP contribution is 2.36. The molecule has 80 valence electrons. The van der Waals surface area contributed by atoms with Gasteiger partial charge in [0, 0.05) is 38.6 Å². The minimum Gasteiger partial charge on any atom is -0.370 e. The molecule has 3 N–H and O–H groups in total. The van der Waals surface area contributed by atoms with Crippen molar-refractivity contribution in [3.05, 3.63) is 0 Å². The van der Waals surface area contributed by atoms with Crippen molar-refractivity contribution in [2.45, 2.75) is 25.3 Å². The van der Waals surface area contributed by atoms with Gasteiger partial charge in [0.2, 0.25) is 5.91 Å². The molecule has 1 heterocycles. The molecule has 0 aromatic heterocycles. The number of nitrogens with zero attached hydrogens (tertiary/aromatic N) is 1. The fraction of sp³-hybridized carbons (Fsp3) is 0.900. The number of primary amides is 1. The molecule has 2 fully saturated rings. The van der Waals surface area contributed by atoms with Crippen LogP contribution in [0.1, 0.15) is 19.3 Å². The lowest BCUT2D eigenvalue weighted by atomic mass is 10.1. The first kappa shape index (κ1) is 9.93. The van der Waals surface area contributed by atoms with E-state index < -0.39 is 0 Å². The molecule has 1 saturated heterocycles. The molecule has 1 saturated carbocycles. The van der Waals surface area contributed by atoms with Crippen LogP contribution in [0.15, 0.2) is 0 Å². The Kier molecular flexibility index (Phi) is 3.03. The molecular weight excluding hydrogens is 178 g/mol. The average molecular weight is 197 g/mol. The van der Waals surface area contributed by atoms with E-state index in [9.17, 15) is 4.79 Å². The van der Waals surface area contributed by atoms with E-state index >= 15 is 0 Å². The van der Waals surface area contributed by atoms with Crippen molar-refractivity contribution in [1.29, 1.82) is 0 Å². The minimum absolute atomic E-state index is 0.152. The van der Waals surface area contributed by atoms with Crippen molar-refractivity contribution < 1.29 is 4.79 Å². The predicted molar refractivity (Wildman–Crippen MR) is 54.8 cm³/mol. The van der Waals surface area contributed by atoms with Gasteiger partial charge in [-0.25, -0.2) is 0 Å². The molecule has 0 aromatic carbocycles. The number of hydrogen-bond acceptors (Lipinski definition) is 3. The van der Waals surface area contributed by atoms with Crippen LogP contribution in [0, 0.1) is 5.92 Å². The Labute approximate surface area is 84.8 Å². The second-order valence-electron chi connectivity index (χ2n) is 4.36. The maximum Gasteiger partial charge on any atom is 0.219 e. The van der Waals surface area contributed by atoms with Gasteiger partial charge in [0.15, 0.2) is 0 Å². The van der Waals surface area contributed by atoms with Gasteiger partial charge in [0.25, 0.3) is 0 Å². The molecule has 0 spiro atoms.